The summed E-state index contributed by atoms with van der Waals surface area (Å²) in [6.07, 6.45) is 2.77. The Hall–Kier alpha value is -1.92. The molecule has 1 aromatic rings. The number of benzene rings is 1. The van der Waals surface area contributed by atoms with Crippen LogP contribution in [0.25, 0.3) is 0 Å². The van der Waals surface area contributed by atoms with Crippen LogP contribution in [0.15, 0.2) is 36.1 Å². The highest BCUT2D eigenvalue weighted by Gasteiger charge is 2.42. The predicted molar refractivity (Wildman–Crippen MR) is 106 cm³/mol. The second-order valence-electron chi connectivity index (χ2n) is 8.20. The van der Waals surface area contributed by atoms with Gasteiger partial charge in [-0.3, -0.25) is 4.79 Å². The van der Waals surface area contributed by atoms with Crippen LogP contribution in [0.3, 0.4) is 0 Å². The second-order valence-corrected chi connectivity index (χ2v) is 8.20. The first-order chi connectivity index (χ1) is 13.3. The van der Waals surface area contributed by atoms with Gasteiger partial charge < -0.3 is 19.9 Å². The van der Waals surface area contributed by atoms with Crippen LogP contribution in [-0.4, -0.2) is 30.5 Å². The molecule has 0 spiro atoms. The van der Waals surface area contributed by atoms with Crippen LogP contribution in [0.5, 0.6) is 0 Å². The van der Waals surface area contributed by atoms with Gasteiger partial charge in [-0.1, -0.05) is 32.9 Å². The monoisotopic (exact) mass is 393 g/mol. The summed E-state index contributed by atoms with van der Waals surface area (Å²) in [5.41, 5.74) is 0.711. The fourth-order valence-electron chi connectivity index (χ4n) is 3.57. The van der Waals surface area contributed by atoms with E-state index in [-0.39, 0.29) is 47.9 Å². The molecule has 0 unspecified atom stereocenters. The molecule has 5 nitrogen and oxygen atoms in total. The molecule has 1 aromatic carbocycles. The zero-order chi connectivity index (χ0) is 20.7. The minimum Gasteiger partial charge on any atom is -0.459 e. The molecule has 0 bridgehead atoms. The standard InChI is InChI=1S/C22H32FNO4/c1-5-27-21-17(7-6-12-25)18(22(2,3)4)13-19(28-21)20(26)24-14-15-8-10-16(23)11-9-15/h8-11,13,17-18,21,25H,5-7,12,14H2,1-4H3,(H,24,26)/t17-,18-,21+/m1/s1. The molecule has 2 rings (SSSR count). The first-order valence-corrected chi connectivity index (χ1v) is 9.89. The maximum Gasteiger partial charge on any atom is 0.286 e. The number of rotatable bonds is 8. The van der Waals surface area contributed by atoms with Crippen molar-refractivity contribution < 1.29 is 23.8 Å². The molecule has 1 heterocycles. The van der Waals surface area contributed by atoms with Crippen molar-refractivity contribution in [1.82, 2.24) is 5.32 Å². The van der Waals surface area contributed by atoms with Gasteiger partial charge in [-0.15, -0.1) is 0 Å². The van der Waals surface area contributed by atoms with Gasteiger partial charge >= 0.3 is 0 Å². The van der Waals surface area contributed by atoms with Crippen LogP contribution < -0.4 is 5.32 Å². The number of hydrogen-bond acceptors (Lipinski definition) is 4. The van der Waals surface area contributed by atoms with E-state index >= 15 is 0 Å². The van der Waals surface area contributed by atoms with E-state index in [2.05, 4.69) is 26.1 Å². The van der Waals surface area contributed by atoms with E-state index in [1.807, 2.05) is 13.0 Å². The third-order valence-electron chi connectivity index (χ3n) is 5.00. The van der Waals surface area contributed by atoms with Crippen LogP contribution in [0.2, 0.25) is 0 Å². The van der Waals surface area contributed by atoms with E-state index in [0.717, 1.165) is 12.0 Å². The zero-order valence-electron chi connectivity index (χ0n) is 17.2. The average molecular weight is 393 g/mol. The Morgan fingerprint density at radius 1 is 1.29 bits per heavy atom. The topological polar surface area (TPSA) is 67.8 Å². The minimum atomic E-state index is -0.530. The van der Waals surface area contributed by atoms with Gasteiger partial charge in [0, 0.05) is 25.7 Å². The maximum absolute atomic E-state index is 13.0. The summed E-state index contributed by atoms with van der Waals surface area (Å²) in [4.78, 5) is 12.7. The van der Waals surface area contributed by atoms with Gasteiger partial charge in [-0.2, -0.15) is 0 Å². The lowest BCUT2D eigenvalue weighted by Gasteiger charge is -2.42. The van der Waals surface area contributed by atoms with Crippen molar-refractivity contribution in [3.63, 3.8) is 0 Å². The molecular weight excluding hydrogens is 361 g/mol. The molecule has 1 aliphatic rings. The highest BCUT2D eigenvalue weighted by Crippen LogP contribution is 2.42. The second kappa shape index (κ2) is 10.0. The number of aliphatic hydroxyl groups is 1. The molecule has 2 N–H and O–H groups in total. The molecule has 1 aliphatic heterocycles. The highest BCUT2D eigenvalue weighted by molar-refractivity contribution is 5.91. The normalized spacial score (nSPS) is 22.4. The molecule has 0 aliphatic carbocycles. The minimum absolute atomic E-state index is 0.0562. The Morgan fingerprint density at radius 2 is 1.96 bits per heavy atom. The van der Waals surface area contributed by atoms with E-state index in [1.165, 1.54) is 12.1 Å². The number of allylic oxidation sites excluding steroid dienone is 1. The molecule has 1 amide bonds. The molecule has 6 heteroatoms. The number of ether oxygens (including phenoxy) is 2. The fraction of sp³-hybridized carbons (Fsp3) is 0.591. The summed E-state index contributed by atoms with van der Waals surface area (Å²) in [6, 6.07) is 6.00. The van der Waals surface area contributed by atoms with Gasteiger partial charge in [0.15, 0.2) is 5.76 Å². The number of halogens is 1. The van der Waals surface area contributed by atoms with Gasteiger partial charge in [0.25, 0.3) is 5.91 Å². The molecule has 28 heavy (non-hydrogen) atoms. The number of carbonyl (C=O) groups is 1. The Morgan fingerprint density at radius 3 is 2.54 bits per heavy atom. The van der Waals surface area contributed by atoms with E-state index < -0.39 is 6.29 Å². The first-order valence-electron chi connectivity index (χ1n) is 9.89. The Balaban J connectivity index is 2.17. The molecule has 0 radical (unpaired) electrons. The first kappa shape index (κ1) is 22.4. The Bertz CT molecular complexity index is 666. The van der Waals surface area contributed by atoms with E-state index in [9.17, 15) is 14.3 Å². The number of amides is 1. The SMILES string of the molecule is CCO[C@H]1OC(C(=O)NCc2ccc(F)cc2)=C[C@@H](C(C)(C)C)[C@H]1CCCO. The predicted octanol–water partition coefficient (Wildman–Crippen LogP) is 3.77. The molecule has 3 atom stereocenters. The van der Waals surface area contributed by atoms with Crippen molar-refractivity contribution in [1.29, 1.82) is 0 Å². The average Bonchev–Trinajstić information content (AvgIpc) is 2.65. The van der Waals surface area contributed by atoms with Crippen LogP contribution in [0.4, 0.5) is 4.39 Å². The molecule has 156 valence electrons. The van der Waals surface area contributed by atoms with Crippen molar-refractivity contribution in [3.05, 3.63) is 47.5 Å². The van der Waals surface area contributed by atoms with E-state index in [1.54, 1.807) is 12.1 Å². The van der Waals surface area contributed by atoms with Crippen molar-refractivity contribution in [2.24, 2.45) is 17.3 Å². The summed E-state index contributed by atoms with van der Waals surface area (Å²) in [5.74, 6) is -0.254. The number of aliphatic hydroxyl groups excluding tert-OH is 1. The van der Waals surface area contributed by atoms with Gasteiger partial charge in [0.2, 0.25) is 6.29 Å². The summed E-state index contributed by atoms with van der Waals surface area (Å²) in [5, 5.41) is 12.1. The lowest BCUT2D eigenvalue weighted by Crippen LogP contribution is -2.43. The Labute approximate surface area is 166 Å². The van der Waals surface area contributed by atoms with Crippen molar-refractivity contribution in [2.45, 2.75) is 53.4 Å². The third-order valence-corrected chi connectivity index (χ3v) is 5.00. The van der Waals surface area contributed by atoms with Gasteiger partial charge in [0.05, 0.1) is 0 Å². The number of carbonyl (C=O) groups excluding carboxylic acids is 1. The van der Waals surface area contributed by atoms with E-state index in [4.69, 9.17) is 9.47 Å². The molecule has 0 fully saturated rings. The van der Waals surface area contributed by atoms with Crippen molar-refractivity contribution in [3.8, 4) is 0 Å². The van der Waals surface area contributed by atoms with Crippen LogP contribution in [-0.2, 0) is 20.8 Å². The zero-order valence-corrected chi connectivity index (χ0v) is 17.2. The van der Waals surface area contributed by atoms with E-state index in [0.29, 0.717) is 13.0 Å². The lowest BCUT2D eigenvalue weighted by atomic mass is 9.70. The van der Waals surface area contributed by atoms with Gasteiger partial charge in [-0.25, -0.2) is 4.39 Å². The quantitative estimate of drug-likeness (QED) is 0.706. The van der Waals surface area contributed by atoms with Crippen molar-refractivity contribution >= 4 is 5.91 Å². The Kier molecular flexibility index (Phi) is 8.01. The number of nitrogens with one attached hydrogen (secondary N) is 1. The fourth-order valence-corrected chi connectivity index (χ4v) is 3.57. The largest absolute Gasteiger partial charge is 0.459 e. The summed E-state index contributed by atoms with van der Waals surface area (Å²) in [7, 11) is 0. The highest BCUT2D eigenvalue weighted by atomic mass is 19.1. The summed E-state index contributed by atoms with van der Waals surface area (Å²) < 4.78 is 24.8. The van der Waals surface area contributed by atoms with Crippen molar-refractivity contribution in [2.75, 3.05) is 13.2 Å². The van der Waals surface area contributed by atoms with Gasteiger partial charge in [0.1, 0.15) is 5.82 Å². The lowest BCUT2D eigenvalue weighted by molar-refractivity contribution is -0.179. The summed E-state index contributed by atoms with van der Waals surface area (Å²) >= 11 is 0. The number of hydrogen-bond donors (Lipinski definition) is 2. The molecule has 0 saturated heterocycles. The smallest absolute Gasteiger partial charge is 0.286 e. The molecule has 0 saturated carbocycles. The van der Waals surface area contributed by atoms with Crippen LogP contribution in [0, 0.1) is 23.1 Å². The maximum atomic E-state index is 13.0. The molecule has 0 aromatic heterocycles. The third kappa shape index (κ3) is 6.04. The molecular formula is C22H32FNO4. The summed E-state index contributed by atoms with van der Waals surface area (Å²) in [6.45, 7) is 9.15. The van der Waals surface area contributed by atoms with Crippen LogP contribution >= 0.6 is 0 Å². The van der Waals surface area contributed by atoms with Crippen LogP contribution in [0.1, 0.15) is 46.1 Å². The van der Waals surface area contributed by atoms with Gasteiger partial charge in [-0.05, 0) is 54.9 Å².